The second-order valence-corrected chi connectivity index (χ2v) is 5.30. The number of nitro groups is 1. The summed E-state index contributed by atoms with van der Waals surface area (Å²) in [5.41, 5.74) is 0.301. The minimum absolute atomic E-state index is 0.113. The maximum absolute atomic E-state index is 11.2. The smallest absolute Gasteiger partial charge is 0.288 e. The lowest BCUT2D eigenvalue weighted by Crippen LogP contribution is -1.95. The van der Waals surface area contributed by atoms with Gasteiger partial charge in [-0.05, 0) is 41.1 Å². The van der Waals surface area contributed by atoms with Gasteiger partial charge in [0.25, 0.3) is 5.69 Å². The van der Waals surface area contributed by atoms with Gasteiger partial charge in [0.05, 0.1) is 14.4 Å². The summed E-state index contributed by atoms with van der Waals surface area (Å²) in [7, 11) is 0. The third-order valence-electron chi connectivity index (χ3n) is 2.55. The summed E-state index contributed by atoms with van der Waals surface area (Å²) in [5.74, 6) is 0.319. The van der Waals surface area contributed by atoms with Gasteiger partial charge in [0.2, 0.25) is 5.88 Å². The number of halogens is 2. The molecule has 0 unspecified atom stereocenters. The lowest BCUT2D eigenvalue weighted by Gasteiger charge is -2.08. The fraction of sp³-hybridized carbons (Fsp3) is 0.0769. The maximum Gasteiger partial charge on any atom is 0.288 e. The van der Waals surface area contributed by atoms with Crippen LogP contribution in [0.1, 0.15) is 17.3 Å². The Morgan fingerprint density at radius 1 is 1.43 bits per heavy atom. The van der Waals surface area contributed by atoms with E-state index in [9.17, 15) is 14.9 Å². The van der Waals surface area contributed by atoms with Gasteiger partial charge in [-0.2, -0.15) is 0 Å². The number of hydrogen-bond acceptors (Lipinski definition) is 5. The van der Waals surface area contributed by atoms with E-state index in [0.717, 1.165) is 6.20 Å². The van der Waals surface area contributed by atoms with E-state index in [0.29, 0.717) is 15.8 Å². The molecule has 8 heteroatoms. The number of ether oxygens (including phenoxy) is 1. The molecular formula is C13H8BrClN2O4. The summed E-state index contributed by atoms with van der Waals surface area (Å²) >= 11 is 9.17. The van der Waals surface area contributed by atoms with Gasteiger partial charge in [0.15, 0.2) is 5.78 Å². The van der Waals surface area contributed by atoms with Crippen molar-refractivity contribution in [2.75, 3.05) is 0 Å². The summed E-state index contributed by atoms with van der Waals surface area (Å²) in [6, 6.07) is 5.87. The van der Waals surface area contributed by atoms with E-state index >= 15 is 0 Å². The fourth-order valence-electron chi connectivity index (χ4n) is 1.50. The molecule has 0 saturated carbocycles. The van der Waals surface area contributed by atoms with Crippen molar-refractivity contribution in [1.82, 2.24) is 4.98 Å². The highest BCUT2D eigenvalue weighted by molar-refractivity contribution is 9.10. The van der Waals surface area contributed by atoms with E-state index in [2.05, 4.69) is 20.9 Å². The number of benzene rings is 1. The number of Topliss-reactive ketones (excluding diaryl/α,β-unsaturated/α-hetero) is 1. The van der Waals surface area contributed by atoms with E-state index in [-0.39, 0.29) is 22.4 Å². The molecule has 2 aromatic rings. The maximum atomic E-state index is 11.2. The van der Waals surface area contributed by atoms with Gasteiger partial charge in [0, 0.05) is 11.6 Å². The number of pyridine rings is 1. The van der Waals surface area contributed by atoms with Crippen LogP contribution in [0.5, 0.6) is 11.6 Å². The van der Waals surface area contributed by atoms with E-state index in [4.69, 9.17) is 16.3 Å². The predicted molar refractivity (Wildman–Crippen MR) is 80.1 cm³/mol. The Kier molecular flexibility index (Phi) is 4.54. The number of carbonyl (C=O) groups is 1. The van der Waals surface area contributed by atoms with Gasteiger partial charge in [-0.15, -0.1) is 0 Å². The van der Waals surface area contributed by atoms with Crippen LogP contribution in [0.2, 0.25) is 5.02 Å². The number of rotatable bonds is 4. The molecule has 0 radical (unpaired) electrons. The van der Waals surface area contributed by atoms with Crippen LogP contribution in [0.15, 0.2) is 34.9 Å². The van der Waals surface area contributed by atoms with Crippen LogP contribution in [0.3, 0.4) is 0 Å². The van der Waals surface area contributed by atoms with Gasteiger partial charge in [-0.3, -0.25) is 14.9 Å². The van der Waals surface area contributed by atoms with Gasteiger partial charge >= 0.3 is 0 Å². The van der Waals surface area contributed by atoms with Crippen molar-refractivity contribution in [3.63, 3.8) is 0 Å². The molecule has 2 rings (SSSR count). The molecule has 1 aromatic carbocycles. The molecule has 1 aromatic heterocycles. The molecule has 0 saturated heterocycles. The van der Waals surface area contributed by atoms with Crippen molar-refractivity contribution in [1.29, 1.82) is 0 Å². The zero-order valence-electron chi connectivity index (χ0n) is 10.7. The predicted octanol–water partition coefficient (Wildman–Crippen LogP) is 4.40. The van der Waals surface area contributed by atoms with Gasteiger partial charge < -0.3 is 4.74 Å². The van der Waals surface area contributed by atoms with E-state index in [1.54, 1.807) is 6.07 Å². The Morgan fingerprint density at radius 3 is 2.67 bits per heavy atom. The normalized spacial score (nSPS) is 10.2. The molecule has 0 aliphatic carbocycles. The lowest BCUT2D eigenvalue weighted by molar-refractivity contribution is -0.385. The van der Waals surface area contributed by atoms with Crippen LogP contribution in [0, 0.1) is 10.1 Å². The molecule has 0 bridgehead atoms. The first-order valence-corrected chi connectivity index (χ1v) is 6.84. The summed E-state index contributed by atoms with van der Waals surface area (Å²) in [6.45, 7) is 1.43. The first kappa shape index (κ1) is 15.4. The molecule has 6 nitrogen and oxygen atoms in total. The van der Waals surface area contributed by atoms with Gasteiger partial charge in [-0.25, -0.2) is 4.98 Å². The van der Waals surface area contributed by atoms with Crippen LogP contribution in [-0.2, 0) is 0 Å². The van der Waals surface area contributed by atoms with Crippen molar-refractivity contribution in [2.45, 2.75) is 6.92 Å². The molecule has 1 heterocycles. The Balaban J connectivity index is 2.30. The zero-order chi connectivity index (χ0) is 15.6. The Bertz CT molecular complexity index is 675. The molecule has 0 aliphatic rings. The van der Waals surface area contributed by atoms with Crippen molar-refractivity contribution in [3.8, 4) is 11.6 Å². The molecule has 0 amide bonds. The highest BCUT2D eigenvalue weighted by atomic mass is 79.9. The Labute approximate surface area is 133 Å². The van der Waals surface area contributed by atoms with Crippen LogP contribution >= 0.6 is 27.5 Å². The number of ketones is 1. The molecule has 0 fully saturated rings. The summed E-state index contributed by atoms with van der Waals surface area (Å²) in [5, 5.41) is 10.9. The largest absolute Gasteiger partial charge is 0.436 e. The first-order chi connectivity index (χ1) is 9.88. The third-order valence-corrected chi connectivity index (χ3v) is 3.41. The molecule has 21 heavy (non-hydrogen) atoms. The molecule has 108 valence electrons. The summed E-state index contributed by atoms with van der Waals surface area (Å²) < 4.78 is 5.81. The number of hydrogen-bond donors (Lipinski definition) is 0. The third kappa shape index (κ3) is 3.56. The van der Waals surface area contributed by atoms with Crippen LogP contribution in [-0.4, -0.2) is 15.7 Å². The van der Waals surface area contributed by atoms with Crippen LogP contribution < -0.4 is 4.74 Å². The number of carbonyl (C=O) groups excluding carboxylic acids is 1. The van der Waals surface area contributed by atoms with E-state index in [1.807, 2.05) is 0 Å². The lowest BCUT2D eigenvalue weighted by atomic mass is 10.1. The average Bonchev–Trinajstić information content (AvgIpc) is 2.42. The second-order valence-electron chi connectivity index (χ2n) is 4.04. The van der Waals surface area contributed by atoms with Crippen LogP contribution in [0.4, 0.5) is 5.69 Å². The topological polar surface area (TPSA) is 82.3 Å². The van der Waals surface area contributed by atoms with Crippen LogP contribution in [0.25, 0.3) is 0 Å². The van der Waals surface area contributed by atoms with Crippen molar-refractivity contribution in [3.05, 3.63) is 55.6 Å². The molecule has 0 N–H and O–H groups in total. The minimum Gasteiger partial charge on any atom is -0.436 e. The van der Waals surface area contributed by atoms with Crippen molar-refractivity contribution < 1.29 is 14.5 Å². The molecule has 0 spiro atoms. The molecule has 0 aliphatic heterocycles. The first-order valence-electron chi connectivity index (χ1n) is 5.66. The highest BCUT2D eigenvalue weighted by Crippen LogP contribution is 2.34. The van der Waals surface area contributed by atoms with Gasteiger partial charge in [-0.1, -0.05) is 11.6 Å². The Hall–Kier alpha value is -1.99. The Morgan fingerprint density at radius 2 is 2.14 bits per heavy atom. The van der Waals surface area contributed by atoms with E-state index < -0.39 is 4.92 Å². The number of nitrogens with zero attached hydrogens (tertiary/aromatic N) is 2. The zero-order valence-corrected chi connectivity index (χ0v) is 13.0. The fourth-order valence-corrected chi connectivity index (χ4v) is 2.13. The number of aromatic nitrogens is 1. The quantitative estimate of drug-likeness (QED) is 0.452. The average molecular weight is 372 g/mol. The van der Waals surface area contributed by atoms with Crippen molar-refractivity contribution >= 4 is 39.0 Å². The monoisotopic (exact) mass is 370 g/mol. The second kappa shape index (κ2) is 6.19. The minimum atomic E-state index is -0.559. The molecule has 0 atom stereocenters. The van der Waals surface area contributed by atoms with Gasteiger partial charge in [0.1, 0.15) is 11.9 Å². The van der Waals surface area contributed by atoms with E-state index in [1.165, 1.54) is 25.1 Å². The summed E-state index contributed by atoms with van der Waals surface area (Å²) in [6.07, 6.45) is 1.08. The SMILES string of the molecule is CC(=O)c1ccc(Oc2ncc([N+](=O)[O-])cc2Br)c(Cl)c1. The highest BCUT2D eigenvalue weighted by Gasteiger charge is 2.14. The summed E-state index contributed by atoms with van der Waals surface area (Å²) in [4.78, 5) is 25.2. The van der Waals surface area contributed by atoms with Crippen molar-refractivity contribution in [2.24, 2.45) is 0 Å². The molecular weight excluding hydrogens is 364 g/mol. The standard InChI is InChI=1S/C13H8BrClN2O4/c1-7(18)8-2-3-12(11(15)4-8)21-13-10(14)5-9(6-16-13)17(19)20/h2-6H,1H3.